The third-order valence-corrected chi connectivity index (χ3v) is 3.87. The summed E-state index contributed by atoms with van der Waals surface area (Å²) in [5.74, 6) is 0.486. The van der Waals surface area contributed by atoms with Gasteiger partial charge in [0.25, 0.3) is 5.91 Å². The predicted octanol–water partition coefficient (Wildman–Crippen LogP) is 0.473. The second-order valence-corrected chi connectivity index (χ2v) is 5.30. The van der Waals surface area contributed by atoms with Gasteiger partial charge in [-0.25, -0.2) is 4.68 Å². The maximum absolute atomic E-state index is 12.5. The molecule has 1 atom stereocenters. The smallest absolute Gasteiger partial charge is 0.253 e. The largest absolute Gasteiger partial charge is 0.338 e. The molecule has 1 saturated heterocycles. The van der Waals surface area contributed by atoms with E-state index in [4.69, 9.17) is 5.73 Å². The molecule has 7 heteroatoms. The third-order valence-electron chi connectivity index (χ3n) is 3.87. The molecule has 0 aliphatic carbocycles. The number of carbonyl (C=O) groups is 1. The molecule has 1 aliphatic heterocycles. The number of nitrogens with zero attached hydrogens (tertiary/aromatic N) is 5. The second kappa shape index (κ2) is 6.01. The van der Waals surface area contributed by atoms with Gasteiger partial charge >= 0.3 is 0 Å². The number of hydrogen-bond donors (Lipinski definition) is 1. The van der Waals surface area contributed by atoms with Crippen molar-refractivity contribution in [3.63, 3.8) is 0 Å². The van der Waals surface area contributed by atoms with Crippen molar-refractivity contribution < 1.29 is 4.79 Å². The van der Waals surface area contributed by atoms with Crippen molar-refractivity contribution in [2.75, 3.05) is 19.6 Å². The van der Waals surface area contributed by atoms with Gasteiger partial charge in [-0.3, -0.25) is 4.79 Å². The Balaban J connectivity index is 1.73. The summed E-state index contributed by atoms with van der Waals surface area (Å²) in [6, 6.07) is 7.30. The highest BCUT2D eigenvalue weighted by Gasteiger charge is 2.23. The average Bonchev–Trinajstić information content (AvgIpc) is 3.09. The molecule has 2 heterocycles. The first-order chi connectivity index (χ1) is 10.3. The number of benzene rings is 1. The molecule has 1 fully saturated rings. The summed E-state index contributed by atoms with van der Waals surface area (Å²) < 4.78 is 1.56. The van der Waals surface area contributed by atoms with Gasteiger partial charge in [-0.15, -0.1) is 5.10 Å². The van der Waals surface area contributed by atoms with Crippen LogP contribution in [-0.2, 0) is 0 Å². The van der Waals surface area contributed by atoms with Crippen molar-refractivity contribution in [3.05, 3.63) is 36.2 Å². The summed E-state index contributed by atoms with van der Waals surface area (Å²) in [4.78, 5) is 14.4. The summed E-state index contributed by atoms with van der Waals surface area (Å²) in [6.45, 7) is 2.20. The number of amides is 1. The average molecular weight is 286 g/mol. The molecule has 7 nitrogen and oxygen atoms in total. The standard InChI is InChI=1S/C14H18N6O/c15-8-11-2-1-7-19(9-11)14(21)12-3-5-13(6-4-12)20-10-16-17-18-20/h3-6,10-11H,1-2,7-9,15H2. The molecule has 0 radical (unpaired) electrons. The molecular formula is C14H18N6O. The quantitative estimate of drug-likeness (QED) is 0.886. The summed E-state index contributed by atoms with van der Waals surface area (Å²) in [5, 5.41) is 11.0. The highest BCUT2D eigenvalue weighted by atomic mass is 16.2. The number of carbonyl (C=O) groups excluding carboxylic acids is 1. The molecule has 1 aromatic carbocycles. The summed E-state index contributed by atoms with van der Waals surface area (Å²) in [5.41, 5.74) is 7.23. The Labute approximate surface area is 122 Å². The van der Waals surface area contributed by atoms with E-state index in [-0.39, 0.29) is 5.91 Å². The van der Waals surface area contributed by atoms with E-state index >= 15 is 0 Å². The first-order valence-electron chi connectivity index (χ1n) is 7.10. The fourth-order valence-corrected chi connectivity index (χ4v) is 2.66. The Morgan fingerprint density at radius 1 is 1.33 bits per heavy atom. The van der Waals surface area contributed by atoms with Crippen LogP contribution in [0.4, 0.5) is 0 Å². The van der Waals surface area contributed by atoms with Crippen LogP contribution in [0.5, 0.6) is 0 Å². The highest BCUT2D eigenvalue weighted by molar-refractivity contribution is 5.94. The zero-order valence-corrected chi connectivity index (χ0v) is 11.7. The Bertz CT molecular complexity index is 594. The minimum absolute atomic E-state index is 0.0661. The van der Waals surface area contributed by atoms with Gasteiger partial charge in [0.05, 0.1) is 5.69 Å². The molecule has 0 spiro atoms. The molecule has 21 heavy (non-hydrogen) atoms. The topological polar surface area (TPSA) is 89.9 Å². The maximum Gasteiger partial charge on any atom is 0.253 e. The van der Waals surface area contributed by atoms with E-state index in [0.29, 0.717) is 18.0 Å². The van der Waals surface area contributed by atoms with Crippen molar-refractivity contribution in [2.45, 2.75) is 12.8 Å². The normalized spacial score (nSPS) is 18.7. The molecule has 0 saturated carbocycles. The molecule has 1 amide bonds. The van der Waals surface area contributed by atoms with E-state index < -0.39 is 0 Å². The molecule has 2 N–H and O–H groups in total. The van der Waals surface area contributed by atoms with Crippen LogP contribution >= 0.6 is 0 Å². The third kappa shape index (κ3) is 2.92. The molecule has 1 aliphatic rings. The van der Waals surface area contributed by atoms with Crippen molar-refractivity contribution in [1.82, 2.24) is 25.1 Å². The summed E-state index contributed by atoms with van der Waals surface area (Å²) in [7, 11) is 0. The minimum Gasteiger partial charge on any atom is -0.338 e. The molecule has 110 valence electrons. The van der Waals surface area contributed by atoms with Gasteiger partial charge in [0.2, 0.25) is 0 Å². The lowest BCUT2D eigenvalue weighted by Gasteiger charge is -2.32. The predicted molar refractivity (Wildman–Crippen MR) is 76.8 cm³/mol. The van der Waals surface area contributed by atoms with Crippen LogP contribution in [0.15, 0.2) is 30.6 Å². The number of aromatic nitrogens is 4. The Morgan fingerprint density at radius 2 is 2.14 bits per heavy atom. The number of rotatable bonds is 3. The lowest BCUT2D eigenvalue weighted by atomic mass is 9.97. The van der Waals surface area contributed by atoms with E-state index in [1.807, 2.05) is 29.2 Å². The maximum atomic E-state index is 12.5. The van der Waals surface area contributed by atoms with Crippen molar-refractivity contribution >= 4 is 5.91 Å². The van der Waals surface area contributed by atoms with Crippen LogP contribution in [0.2, 0.25) is 0 Å². The van der Waals surface area contributed by atoms with Crippen LogP contribution in [0.3, 0.4) is 0 Å². The van der Waals surface area contributed by atoms with Crippen molar-refractivity contribution in [1.29, 1.82) is 0 Å². The zero-order chi connectivity index (χ0) is 14.7. The first kappa shape index (κ1) is 13.7. The minimum atomic E-state index is 0.0661. The monoisotopic (exact) mass is 286 g/mol. The summed E-state index contributed by atoms with van der Waals surface area (Å²) in [6.07, 6.45) is 3.65. The molecule has 2 aromatic rings. The molecule has 1 unspecified atom stereocenters. The fraction of sp³-hybridized carbons (Fsp3) is 0.429. The van der Waals surface area contributed by atoms with Crippen LogP contribution in [-0.4, -0.2) is 50.6 Å². The number of piperidine rings is 1. The van der Waals surface area contributed by atoms with Gasteiger partial charge in [0.1, 0.15) is 6.33 Å². The van der Waals surface area contributed by atoms with Gasteiger partial charge in [-0.05, 0) is 60.0 Å². The van der Waals surface area contributed by atoms with Gasteiger partial charge in [-0.1, -0.05) is 0 Å². The first-order valence-corrected chi connectivity index (χ1v) is 7.10. The van der Waals surface area contributed by atoms with Gasteiger partial charge in [-0.2, -0.15) is 0 Å². The second-order valence-electron chi connectivity index (χ2n) is 5.30. The Hall–Kier alpha value is -2.28. The van der Waals surface area contributed by atoms with Crippen LogP contribution in [0.25, 0.3) is 5.69 Å². The number of likely N-dealkylation sites (tertiary alicyclic amines) is 1. The summed E-state index contributed by atoms with van der Waals surface area (Å²) >= 11 is 0. The van der Waals surface area contributed by atoms with Crippen LogP contribution < -0.4 is 5.73 Å². The van der Waals surface area contributed by atoms with Gasteiger partial charge in [0.15, 0.2) is 0 Å². The molecule has 0 bridgehead atoms. The van der Waals surface area contributed by atoms with E-state index in [2.05, 4.69) is 15.5 Å². The van der Waals surface area contributed by atoms with E-state index in [1.165, 1.54) is 6.33 Å². The number of hydrogen-bond acceptors (Lipinski definition) is 5. The Kier molecular flexibility index (Phi) is 3.92. The molecule has 3 rings (SSSR count). The zero-order valence-electron chi connectivity index (χ0n) is 11.7. The van der Waals surface area contributed by atoms with Gasteiger partial charge < -0.3 is 10.6 Å². The lowest BCUT2D eigenvalue weighted by molar-refractivity contribution is 0.0678. The van der Waals surface area contributed by atoms with Crippen LogP contribution in [0.1, 0.15) is 23.2 Å². The number of nitrogens with two attached hydrogens (primary N) is 1. The van der Waals surface area contributed by atoms with E-state index in [1.54, 1.807) is 4.68 Å². The Morgan fingerprint density at radius 3 is 2.81 bits per heavy atom. The van der Waals surface area contributed by atoms with E-state index in [9.17, 15) is 4.79 Å². The van der Waals surface area contributed by atoms with Crippen molar-refractivity contribution in [2.24, 2.45) is 11.7 Å². The van der Waals surface area contributed by atoms with Crippen LogP contribution in [0, 0.1) is 5.92 Å². The molecule has 1 aromatic heterocycles. The highest BCUT2D eigenvalue weighted by Crippen LogP contribution is 2.18. The SMILES string of the molecule is NCC1CCCN(C(=O)c2ccc(-n3cnnn3)cc2)C1. The van der Waals surface area contributed by atoms with Gasteiger partial charge in [0, 0.05) is 18.7 Å². The fourth-order valence-electron chi connectivity index (χ4n) is 2.66. The van der Waals surface area contributed by atoms with Crippen molar-refractivity contribution in [3.8, 4) is 5.69 Å². The number of tetrazole rings is 1. The molecular weight excluding hydrogens is 268 g/mol. The lowest BCUT2D eigenvalue weighted by Crippen LogP contribution is -2.42. The van der Waals surface area contributed by atoms with E-state index in [0.717, 1.165) is 31.6 Å².